The molecule has 5 rings (SSSR count). The topological polar surface area (TPSA) is 172 Å². The Bertz CT molecular complexity index is 1900. The lowest BCUT2D eigenvalue weighted by Gasteiger charge is -2.35. The van der Waals surface area contributed by atoms with Crippen molar-refractivity contribution in [3.05, 3.63) is 140 Å². The molecule has 1 amide bonds. The lowest BCUT2D eigenvalue weighted by molar-refractivity contribution is -0.162. The van der Waals surface area contributed by atoms with Crippen LogP contribution < -0.4 is 22.3 Å². The largest absolute Gasteiger partial charge is 0.463 e. The summed E-state index contributed by atoms with van der Waals surface area (Å²) in [6, 6.07) is 27.4. The summed E-state index contributed by atoms with van der Waals surface area (Å²) in [5, 5.41) is 2.77. The van der Waals surface area contributed by atoms with Crippen LogP contribution in [0, 0.1) is 18.8 Å². The van der Waals surface area contributed by atoms with Crippen LogP contribution in [0.1, 0.15) is 75.4 Å². The molecule has 286 valence electrons. The SMILES string of the molecule is CC[C@H](C)[C@H](NC(=O)[C@@H](N)C(C)C)C(=O)O[C@H]1C[C@H](n2cc(C)c(=O)[nH]c2=O)O[C@@H]1COC(=O)CC(c1ccccc1)(c1ccccc1)c1ccccc1. The number of nitrogens with two attached hydrogens (primary N) is 1. The minimum atomic E-state index is -1.02. The van der Waals surface area contributed by atoms with Crippen molar-refractivity contribution in [2.45, 2.75) is 89.8 Å². The van der Waals surface area contributed by atoms with Crippen molar-refractivity contribution in [1.82, 2.24) is 14.9 Å². The van der Waals surface area contributed by atoms with E-state index in [1.54, 1.807) is 6.92 Å². The van der Waals surface area contributed by atoms with Crippen molar-refractivity contribution in [2.24, 2.45) is 17.6 Å². The van der Waals surface area contributed by atoms with Crippen molar-refractivity contribution < 1.29 is 28.6 Å². The highest BCUT2D eigenvalue weighted by Gasteiger charge is 2.44. The van der Waals surface area contributed by atoms with E-state index < -0.39 is 65.0 Å². The number of amides is 1. The molecule has 0 aliphatic carbocycles. The van der Waals surface area contributed by atoms with E-state index in [0.717, 1.165) is 16.7 Å². The van der Waals surface area contributed by atoms with Gasteiger partial charge in [0.25, 0.3) is 5.56 Å². The van der Waals surface area contributed by atoms with Gasteiger partial charge >= 0.3 is 17.6 Å². The van der Waals surface area contributed by atoms with Gasteiger partial charge in [0.15, 0.2) is 0 Å². The van der Waals surface area contributed by atoms with Gasteiger partial charge in [0.05, 0.1) is 17.9 Å². The van der Waals surface area contributed by atoms with Crippen LogP contribution in [-0.2, 0) is 34.0 Å². The van der Waals surface area contributed by atoms with Crippen LogP contribution >= 0.6 is 0 Å². The number of hydrogen-bond acceptors (Lipinski definition) is 9. The van der Waals surface area contributed by atoms with E-state index in [4.69, 9.17) is 19.9 Å². The van der Waals surface area contributed by atoms with Gasteiger partial charge in [-0.2, -0.15) is 0 Å². The average Bonchev–Trinajstić information content (AvgIpc) is 3.58. The predicted octanol–water partition coefficient (Wildman–Crippen LogP) is 4.53. The molecule has 1 aliphatic heterocycles. The molecular weight excluding hydrogens is 688 g/mol. The summed E-state index contributed by atoms with van der Waals surface area (Å²) in [4.78, 5) is 68.2. The summed E-state index contributed by atoms with van der Waals surface area (Å²) in [7, 11) is 0. The third kappa shape index (κ3) is 8.88. The van der Waals surface area contributed by atoms with Crippen molar-refractivity contribution in [1.29, 1.82) is 0 Å². The Morgan fingerprint density at radius 3 is 1.96 bits per heavy atom. The second-order valence-electron chi connectivity index (χ2n) is 14.3. The zero-order chi connectivity index (χ0) is 39.0. The van der Waals surface area contributed by atoms with E-state index in [1.807, 2.05) is 119 Å². The predicted molar refractivity (Wildman–Crippen MR) is 203 cm³/mol. The fourth-order valence-corrected chi connectivity index (χ4v) is 6.81. The number of hydrogen-bond donors (Lipinski definition) is 3. The van der Waals surface area contributed by atoms with Crippen LogP contribution in [0.2, 0.25) is 0 Å². The third-order valence-electron chi connectivity index (χ3n) is 10.3. The van der Waals surface area contributed by atoms with E-state index in [9.17, 15) is 24.0 Å². The van der Waals surface area contributed by atoms with Gasteiger partial charge in [0.2, 0.25) is 5.91 Å². The molecule has 1 fully saturated rings. The zero-order valence-corrected chi connectivity index (χ0v) is 31.4. The van der Waals surface area contributed by atoms with Crippen molar-refractivity contribution in [2.75, 3.05) is 6.61 Å². The molecule has 2 heterocycles. The van der Waals surface area contributed by atoms with Gasteiger partial charge in [0, 0.05) is 18.2 Å². The molecular formula is C42H50N4O8. The first-order valence-electron chi connectivity index (χ1n) is 18.4. The van der Waals surface area contributed by atoms with Gasteiger partial charge in [-0.3, -0.25) is 23.9 Å². The van der Waals surface area contributed by atoms with Crippen LogP contribution in [-0.4, -0.2) is 58.3 Å². The first kappa shape index (κ1) is 39.9. The quantitative estimate of drug-likeness (QED) is 0.117. The van der Waals surface area contributed by atoms with Crippen molar-refractivity contribution in [3.63, 3.8) is 0 Å². The fraction of sp³-hybridized carbons (Fsp3) is 0.405. The number of H-pyrrole nitrogens is 1. The first-order chi connectivity index (χ1) is 25.8. The molecule has 0 saturated carbocycles. The van der Waals surface area contributed by atoms with E-state index in [2.05, 4.69) is 10.3 Å². The van der Waals surface area contributed by atoms with E-state index in [1.165, 1.54) is 10.8 Å². The molecule has 6 atom stereocenters. The number of carbonyl (C=O) groups excluding carboxylic acids is 3. The average molecular weight is 739 g/mol. The molecule has 54 heavy (non-hydrogen) atoms. The highest BCUT2D eigenvalue weighted by atomic mass is 16.6. The summed E-state index contributed by atoms with van der Waals surface area (Å²) in [5.41, 5.74) is 6.90. The maximum atomic E-state index is 14.1. The first-order valence-corrected chi connectivity index (χ1v) is 18.4. The molecule has 0 unspecified atom stereocenters. The number of benzene rings is 3. The van der Waals surface area contributed by atoms with Crippen LogP contribution in [0.4, 0.5) is 0 Å². The van der Waals surface area contributed by atoms with Gasteiger partial charge in [-0.1, -0.05) is 125 Å². The fourth-order valence-electron chi connectivity index (χ4n) is 6.81. The summed E-state index contributed by atoms with van der Waals surface area (Å²) in [6.45, 7) is 8.58. The smallest absolute Gasteiger partial charge is 0.330 e. The van der Waals surface area contributed by atoms with E-state index in [-0.39, 0.29) is 36.8 Å². The minimum absolute atomic E-state index is 0.00795. The third-order valence-corrected chi connectivity index (χ3v) is 10.3. The number of carbonyl (C=O) groups is 3. The van der Waals surface area contributed by atoms with Gasteiger partial charge < -0.3 is 25.3 Å². The Hall–Kier alpha value is -5.33. The molecule has 4 aromatic rings. The summed E-state index contributed by atoms with van der Waals surface area (Å²) < 4.78 is 19.5. The standard InChI is InChI=1S/C42H50N4O8/c1-6-27(4)37(44-39(49)36(43)26(2)3)40(50)54-32-22-34(46-24-28(5)38(48)45-41(46)51)53-33(32)25-52-35(47)23-42(29-16-10-7-11-17-29,30-18-12-8-13-19-30)31-20-14-9-15-21-31/h7-21,24,26-27,32-34,36-37H,6,22-23,25,43H2,1-5H3,(H,44,49)(H,45,48,51)/t27-,32-,33+,34+,36-,37-/m0/s1. The Labute approximate surface area is 315 Å². The van der Waals surface area contributed by atoms with Gasteiger partial charge in [-0.05, 0) is 35.4 Å². The van der Waals surface area contributed by atoms with E-state index in [0.29, 0.717) is 6.42 Å². The number of esters is 2. The van der Waals surface area contributed by atoms with Crippen LogP contribution in [0.5, 0.6) is 0 Å². The molecule has 0 spiro atoms. The van der Waals surface area contributed by atoms with E-state index >= 15 is 0 Å². The molecule has 3 aromatic carbocycles. The highest BCUT2D eigenvalue weighted by Crippen LogP contribution is 2.42. The Morgan fingerprint density at radius 1 is 0.926 bits per heavy atom. The molecule has 12 heteroatoms. The lowest BCUT2D eigenvalue weighted by Crippen LogP contribution is -2.53. The number of rotatable bonds is 15. The number of aromatic nitrogens is 2. The Morgan fingerprint density at radius 2 is 1.46 bits per heavy atom. The van der Waals surface area contributed by atoms with Gasteiger partial charge in [-0.25, -0.2) is 9.59 Å². The highest BCUT2D eigenvalue weighted by molar-refractivity contribution is 5.87. The maximum Gasteiger partial charge on any atom is 0.330 e. The second-order valence-corrected chi connectivity index (χ2v) is 14.3. The van der Waals surface area contributed by atoms with Crippen LogP contribution in [0.25, 0.3) is 0 Å². The maximum absolute atomic E-state index is 14.1. The Balaban J connectivity index is 1.44. The summed E-state index contributed by atoms with van der Waals surface area (Å²) in [5.74, 6) is -2.19. The monoisotopic (exact) mass is 738 g/mol. The second kappa shape index (κ2) is 17.7. The molecule has 1 aromatic heterocycles. The number of aryl methyl sites for hydroxylation is 1. The molecule has 12 nitrogen and oxygen atoms in total. The molecule has 4 N–H and O–H groups in total. The van der Waals surface area contributed by atoms with Crippen LogP contribution in [0.15, 0.2) is 107 Å². The van der Waals surface area contributed by atoms with Crippen LogP contribution in [0.3, 0.4) is 0 Å². The number of aromatic amines is 1. The number of nitrogens with zero attached hydrogens (tertiary/aromatic N) is 1. The summed E-state index contributed by atoms with van der Waals surface area (Å²) >= 11 is 0. The zero-order valence-electron chi connectivity index (χ0n) is 31.4. The summed E-state index contributed by atoms with van der Waals surface area (Å²) in [6.07, 6.45) is -1.07. The molecule has 0 radical (unpaired) electrons. The van der Waals surface area contributed by atoms with Crippen molar-refractivity contribution >= 4 is 17.8 Å². The molecule has 0 bridgehead atoms. The number of ether oxygens (including phenoxy) is 3. The van der Waals surface area contributed by atoms with Crippen molar-refractivity contribution in [3.8, 4) is 0 Å². The Kier molecular flexibility index (Phi) is 13.0. The normalized spacial score (nSPS) is 18.8. The molecule has 1 saturated heterocycles. The lowest BCUT2D eigenvalue weighted by atomic mass is 9.67. The number of nitrogens with one attached hydrogen (secondary N) is 2. The van der Waals surface area contributed by atoms with Gasteiger partial charge in [-0.15, -0.1) is 0 Å². The minimum Gasteiger partial charge on any atom is -0.463 e. The van der Waals surface area contributed by atoms with Gasteiger partial charge in [0.1, 0.15) is 31.1 Å². The molecule has 1 aliphatic rings.